The number of hydrogen-bond donors (Lipinski definition) is 1. The van der Waals surface area contributed by atoms with Gasteiger partial charge in [0.25, 0.3) is 0 Å². The van der Waals surface area contributed by atoms with Crippen LogP contribution < -0.4 is 0 Å². The average molecular weight is 337 g/mol. The van der Waals surface area contributed by atoms with Crippen LogP contribution in [-0.2, 0) is 10.3 Å². The molecule has 3 rings (SSSR count). The summed E-state index contributed by atoms with van der Waals surface area (Å²) in [4.78, 5) is 14.9. The van der Waals surface area contributed by atoms with Gasteiger partial charge >= 0.3 is 0 Å². The van der Waals surface area contributed by atoms with E-state index in [1.807, 2.05) is 48.5 Å². The molecule has 3 atom stereocenters. The maximum absolute atomic E-state index is 12.7. The Labute approximate surface area is 150 Å². The number of aldehydes is 1. The van der Waals surface area contributed by atoms with E-state index in [-0.39, 0.29) is 18.6 Å². The molecular formula is C22H27NO2. The fourth-order valence-electron chi connectivity index (χ4n) is 4.28. The largest absolute Gasteiger partial charge is 0.395 e. The Kier molecular flexibility index (Phi) is 5.67. The first-order chi connectivity index (χ1) is 12.2. The van der Waals surface area contributed by atoms with Gasteiger partial charge in [-0.3, -0.25) is 4.90 Å². The van der Waals surface area contributed by atoms with Crippen molar-refractivity contribution < 1.29 is 9.90 Å². The van der Waals surface area contributed by atoms with Crippen LogP contribution in [0.15, 0.2) is 60.7 Å². The molecule has 0 aliphatic carbocycles. The Balaban J connectivity index is 2.14. The summed E-state index contributed by atoms with van der Waals surface area (Å²) in [5.41, 5.74) is 1.37. The second-order valence-electron chi connectivity index (χ2n) is 6.97. The maximum Gasteiger partial charge on any atom is 0.145 e. The van der Waals surface area contributed by atoms with Gasteiger partial charge in [-0.15, -0.1) is 0 Å². The third-order valence-corrected chi connectivity index (χ3v) is 5.69. The van der Waals surface area contributed by atoms with E-state index in [4.69, 9.17) is 0 Å². The van der Waals surface area contributed by atoms with Crippen LogP contribution in [0.1, 0.15) is 43.2 Å². The van der Waals surface area contributed by atoms with Gasteiger partial charge in [0.15, 0.2) is 0 Å². The number of benzene rings is 2. The number of piperidine rings is 1. The Morgan fingerprint density at radius 3 is 2.36 bits per heavy atom. The zero-order valence-electron chi connectivity index (χ0n) is 14.8. The Morgan fingerprint density at radius 2 is 1.76 bits per heavy atom. The average Bonchev–Trinajstić information content (AvgIpc) is 2.70. The molecule has 0 spiro atoms. The summed E-state index contributed by atoms with van der Waals surface area (Å²) in [5.74, 6) is -0.0132. The van der Waals surface area contributed by atoms with Crippen molar-refractivity contribution in [1.29, 1.82) is 0 Å². The summed E-state index contributed by atoms with van der Waals surface area (Å²) in [5, 5.41) is 9.96. The van der Waals surface area contributed by atoms with Crippen molar-refractivity contribution in [3.05, 3.63) is 71.8 Å². The molecule has 3 unspecified atom stereocenters. The second-order valence-corrected chi connectivity index (χ2v) is 6.97. The molecule has 0 radical (unpaired) electrons. The van der Waals surface area contributed by atoms with Gasteiger partial charge in [-0.05, 0) is 30.5 Å². The summed E-state index contributed by atoms with van der Waals surface area (Å²) in [6.07, 6.45) is 4.19. The number of likely N-dealkylation sites (tertiary alicyclic amines) is 1. The Morgan fingerprint density at radius 1 is 1.12 bits per heavy atom. The third kappa shape index (κ3) is 3.26. The van der Waals surface area contributed by atoms with E-state index in [2.05, 4.69) is 24.0 Å². The monoisotopic (exact) mass is 337 g/mol. The molecule has 1 heterocycles. The van der Waals surface area contributed by atoms with Crippen LogP contribution in [0.5, 0.6) is 0 Å². The summed E-state index contributed by atoms with van der Waals surface area (Å²) >= 11 is 0. The zero-order valence-corrected chi connectivity index (χ0v) is 14.8. The minimum Gasteiger partial charge on any atom is -0.395 e. The standard InChI is InChI=1S/C22H27NO2/c1-18(19-10-4-2-5-11-19)22(17-25,20-12-6-3-7-13-20)23-15-9-8-14-21(23)16-24/h2-7,10-13,17-18,21,24H,8-9,14-16H2,1H3. The van der Waals surface area contributed by atoms with Crippen LogP contribution >= 0.6 is 0 Å². The van der Waals surface area contributed by atoms with Crippen LogP contribution in [-0.4, -0.2) is 35.5 Å². The number of aliphatic hydroxyl groups is 1. The van der Waals surface area contributed by atoms with Gasteiger partial charge in [-0.25, -0.2) is 0 Å². The molecule has 1 fully saturated rings. The minimum atomic E-state index is -0.767. The SMILES string of the molecule is CC(c1ccccc1)C(C=O)(c1ccccc1)N1CCCCC1CO. The molecule has 2 aromatic carbocycles. The van der Waals surface area contributed by atoms with Gasteiger partial charge < -0.3 is 9.90 Å². The molecular weight excluding hydrogens is 310 g/mol. The molecule has 0 aromatic heterocycles. The molecule has 132 valence electrons. The van der Waals surface area contributed by atoms with Crippen molar-refractivity contribution in [3.63, 3.8) is 0 Å². The first kappa shape index (κ1) is 17.8. The van der Waals surface area contributed by atoms with E-state index in [0.717, 1.165) is 43.2 Å². The smallest absolute Gasteiger partial charge is 0.145 e. The lowest BCUT2D eigenvalue weighted by atomic mass is 9.73. The topological polar surface area (TPSA) is 40.5 Å². The van der Waals surface area contributed by atoms with Gasteiger partial charge in [0.1, 0.15) is 11.8 Å². The highest BCUT2D eigenvalue weighted by molar-refractivity contribution is 5.70. The summed E-state index contributed by atoms with van der Waals surface area (Å²) in [7, 11) is 0. The van der Waals surface area contributed by atoms with Crippen molar-refractivity contribution in [2.24, 2.45) is 0 Å². The minimum absolute atomic E-state index is 0.0132. The second kappa shape index (κ2) is 7.94. The fraction of sp³-hybridized carbons (Fsp3) is 0.409. The number of nitrogens with zero attached hydrogens (tertiary/aromatic N) is 1. The van der Waals surface area contributed by atoms with Gasteiger partial charge in [-0.1, -0.05) is 74.0 Å². The van der Waals surface area contributed by atoms with E-state index in [9.17, 15) is 9.90 Å². The number of carbonyl (C=O) groups excluding carboxylic acids is 1. The zero-order chi connectivity index (χ0) is 17.7. The lowest BCUT2D eigenvalue weighted by Crippen LogP contribution is -2.58. The van der Waals surface area contributed by atoms with Crippen LogP contribution in [0.4, 0.5) is 0 Å². The summed E-state index contributed by atoms with van der Waals surface area (Å²) in [6.45, 7) is 3.04. The summed E-state index contributed by atoms with van der Waals surface area (Å²) < 4.78 is 0. The van der Waals surface area contributed by atoms with E-state index in [1.54, 1.807) is 0 Å². The predicted octanol–water partition coefficient (Wildman–Crippen LogP) is 3.73. The molecule has 1 aliphatic rings. The molecule has 25 heavy (non-hydrogen) atoms. The number of aliphatic hydroxyl groups excluding tert-OH is 1. The van der Waals surface area contributed by atoms with E-state index in [0.29, 0.717) is 0 Å². The quantitative estimate of drug-likeness (QED) is 0.817. The van der Waals surface area contributed by atoms with Crippen molar-refractivity contribution >= 4 is 6.29 Å². The highest BCUT2D eigenvalue weighted by atomic mass is 16.3. The van der Waals surface area contributed by atoms with Crippen LogP contribution in [0, 0.1) is 0 Å². The molecule has 0 amide bonds. The van der Waals surface area contributed by atoms with E-state index < -0.39 is 5.54 Å². The first-order valence-corrected chi connectivity index (χ1v) is 9.18. The molecule has 1 aliphatic heterocycles. The molecule has 1 N–H and O–H groups in total. The third-order valence-electron chi connectivity index (χ3n) is 5.69. The molecule has 0 bridgehead atoms. The number of carbonyl (C=O) groups is 1. The Hall–Kier alpha value is -1.97. The van der Waals surface area contributed by atoms with Crippen molar-refractivity contribution in [1.82, 2.24) is 4.90 Å². The normalized spacial score (nSPS) is 22.1. The lowest BCUT2D eigenvalue weighted by Gasteiger charge is -2.50. The van der Waals surface area contributed by atoms with Crippen molar-refractivity contribution in [2.45, 2.75) is 43.7 Å². The molecule has 3 heteroatoms. The van der Waals surface area contributed by atoms with Gasteiger partial charge in [0.05, 0.1) is 6.61 Å². The molecule has 0 saturated carbocycles. The van der Waals surface area contributed by atoms with Crippen LogP contribution in [0.2, 0.25) is 0 Å². The fourth-order valence-corrected chi connectivity index (χ4v) is 4.28. The molecule has 2 aromatic rings. The first-order valence-electron chi connectivity index (χ1n) is 9.18. The Bertz CT molecular complexity index is 673. The number of hydrogen-bond acceptors (Lipinski definition) is 3. The van der Waals surface area contributed by atoms with Gasteiger partial charge in [-0.2, -0.15) is 0 Å². The molecule has 3 nitrogen and oxygen atoms in total. The van der Waals surface area contributed by atoms with Crippen LogP contribution in [0.3, 0.4) is 0 Å². The highest BCUT2D eigenvalue weighted by Crippen LogP contribution is 2.43. The van der Waals surface area contributed by atoms with Gasteiger partial charge in [0, 0.05) is 12.0 Å². The summed E-state index contributed by atoms with van der Waals surface area (Å²) in [6, 6.07) is 20.3. The lowest BCUT2D eigenvalue weighted by molar-refractivity contribution is -0.125. The van der Waals surface area contributed by atoms with Crippen molar-refractivity contribution in [3.8, 4) is 0 Å². The van der Waals surface area contributed by atoms with Gasteiger partial charge in [0.2, 0.25) is 0 Å². The van der Waals surface area contributed by atoms with E-state index >= 15 is 0 Å². The number of rotatable bonds is 6. The van der Waals surface area contributed by atoms with Crippen molar-refractivity contribution in [2.75, 3.05) is 13.2 Å². The predicted molar refractivity (Wildman–Crippen MR) is 100 cm³/mol. The maximum atomic E-state index is 12.7. The molecule has 1 saturated heterocycles. The van der Waals surface area contributed by atoms with Crippen LogP contribution in [0.25, 0.3) is 0 Å². The van der Waals surface area contributed by atoms with E-state index in [1.165, 1.54) is 0 Å². The highest BCUT2D eigenvalue weighted by Gasteiger charge is 2.47.